The van der Waals surface area contributed by atoms with Gasteiger partial charge in [-0.1, -0.05) is 46.9 Å². The molecule has 0 atom stereocenters. The molecule has 1 rings (SSSR count). The predicted octanol–water partition coefficient (Wildman–Crippen LogP) is 3.39. The zero-order valence-corrected chi connectivity index (χ0v) is 12.9. The summed E-state index contributed by atoms with van der Waals surface area (Å²) in [5.74, 6) is 0. The van der Waals surface area contributed by atoms with Crippen LogP contribution in [0.1, 0.15) is 51.2 Å². The van der Waals surface area contributed by atoms with Crippen LogP contribution in [0.15, 0.2) is 18.2 Å². The highest BCUT2D eigenvalue weighted by atomic mass is 15.4. The van der Waals surface area contributed by atoms with E-state index in [0.29, 0.717) is 0 Å². The normalized spacial score (nSPS) is 11.2. The topological polar surface area (TPSA) is 0 Å². The summed E-state index contributed by atoms with van der Waals surface area (Å²) in [4.78, 5) is 0. The third-order valence-corrected chi connectivity index (χ3v) is 3.82. The Bertz CT molecular complexity index is 357. The second kappa shape index (κ2) is 8.42. The second-order valence-corrected chi connectivity index (χ2v) is 5.61. The lowest BCUT2D eigenvalue weighted by molar-refractivity contribution is 0.272. The Balaban J connectivity index is 0.00000324. The van der Waals surface area contributed by atoms with Gasteiger partial charge in [-0.2, -0.15) is 0 Å². The van der Waals surface area contributed by atoms with Crippen molar-refractivity contribution in [2.75, 3.05) is 19.6 Å². The minimum Gasteiger partial charge on any atom is -0.291 e. The first-order chi connectivity index (χ1) is 8.59. The molecule has 0 aromatic heterocycles. The minimum atomic E-state index is 0. The first-order valence-corrected chi connectivity index (χ1v) is 7.53. The molecule has 0 fully saturated rings. The van der Waals surface area contributed by atoms with Crippen molar-refractivity contribution in [2.45, 2.75) is 53.9 Å². The van der Waals surface area contributed by atoms with Crippen LogP contribution in [0.3, 0.4) is 0 Å². The fraction of sp³-hybridized carbons (Fsp3) is 0.647. The van der Waals surface area contributed by atoms with Gasteiger partial charge in [0, 0.05) is 5.56 Å². The number of hydrogen-bond acceptors (Lipinski definition) is 0. The molecule has 19 heavy (non-hydrogen) atoms. The van der Waals surface area contributed by atoms with E-state index in [4.69, 9.17) is 0 Å². The molecule has 0 saturated heterocycles. The molecule has 2 heteroatoms. The maximum Gasteiger partial charge on any atom is 0.135 e. The zero-order chi connectivity index (χ0) is 13.6. The summed E-state index contributed by atoms with van der Waals surface area (Å²) in [5, 5.41) is 0. The van der Waals surface area contributed by atoms with Crippen molar-refractivity contribution < 1.29 is 0 Å². The summed E-state index contributed by atoms with van der Waals surface area (Å²) in [6, 6.07) is 6.98. The molecule has 0 amide bonds. The lowest BCUT2D eigenvalue weighted by atomic mass is 10.1. The summed E-state index contributed by atoms with van der Waals surface area (Å²) < 4.78 is 1.18. The molecule has 1 nitrogen and oxygen atoms in total. The SMILES string of the molecule is CCC[N+](CCC)(CCC)c1ccc(C)cc1C.[BH4-]. The summed E-state index contributed by atoms with van der Waals surface area (Å²) >= 11 is 0. The summed E-state index contributed by atoms with van der Waals surface area (Å²) in [6.45, 7) is 15.2. The van der Waals surface area contributed by atoms with Gasteiger partial charge in [0.05, 0.1) is 19.6 Å². The Labute approximate surface area is 122 Å². The van der Waals surface area contributed by atoms with Crippen LogP contribution < -0.4 is 4.48 Å². The van der Waals surface area contributed by atoms with Gasteiger partial charge in [0.2, 0.25) is 0 Å². The molecule has 110 valence electrons. The van der Waals surface area contributed by atoms with Gasteiger partial charge < -0.3 is 0 Å². The molecule has 0 saturated carbocycles. The first kappa shape index (κ1) is 18.2. The van der Waals surface area contributed by atoms with Crippen molar-refractivity contribution in [3.8, 4) is 0 Å². The highest BCUT2D eigenvalue weighted by Crippen LogP contribution is 2.29. The van der Waals surface area contributed by atoms with E-state index in [9.17, 15) is 0 Å². The Hall–Kier alpha value is -0.755. The first-order valence-electron chi connectivity index (χ1n) is 7.53. The molecule has 0 radical (unpaired) electrons. The van der Waals surface area contributed by atoms with E-state index in [1.165, 1.54) is 54.5 Å². The molecular formula is C17H34BN. The molecule has 1 aromatic rings. The Morgan fingerprint density at radius 1 is 0.842 bits per heavy atom. The van der Waals surface area contributed by atoms with Gasteiger partial charge in [-0.05, 0) is 39.2 Å². The zero-order valence-electron chi connectivity index (χ0n) is 12.9. The minimum absolute atomic E-state index is 0. The monoisotopic (exact) mass is 263 g/mol. The van der Waals surface area contributed by atoms with Crippen LogP contribution in [0.5, 0.6) is 0 Å². The third-order valence-electron chi connectivity index (χ3n) is 3.82. The molecule has 0 aliphatic rings. The fourth-order valence-corrected chi connectivity index (χ4v) is 3.32. The van der Waals surface area contributed by atoms with E-state index >= 15 is 0 Å². The smallest absolute Gasteiger partial charge is 0.135 e. The summed E-state index contributed by atoms with van der Waals surface area (Å²) in [5.41, 5.74) is 4.38. The molecule has 0 aliphatic carbocycles. The van der Waals surface area contributed by atoms with Crippen molar-refractivity contribution in [3.05, 3.63) is 29.3 Å². The number of quaternary nitrogens is 1. The van der Waals surface area contributed by atoms with Gasteiger partial charge >= 0.3 is 0 Å². The number of benzene rings is 1. The molecule has 0 N–H and O–H groups in total. The van der Waals surface area contributed by atoms with Gasteiger partial charge in [-0.25, -0.2) is 0 Å². The van der Waals surface area contributed by atoms with Crippen LogP contribution in [0.4, 0.5) is 5.69 Å². The van der Waals surface area contributed by atoms with E-state index in [2.05, 4.69) is 52.8 Å². The van der Waals surface area contributed by atoms with Crippen LogP contribution in [0.25, 0.3) is 0 Å². The lowest BCUT2D eigenvalue weighted by Crippen LogP contribution is -2.51. The molecule has 1 aromatic carbocycles. The van der Waals surface area contributed by atoms with Crippen LogP contribution in [0, 0.1) is 13.8 Å². The Morgan fingerprint density at radius 2 is 1.32 bits per heavy atom. The predicted molar refractivity (Wildman–Crippen MR) is 94.5 cm³/mol. The van der Waals surface area contributed by atoms with Crippen LogP contribution in [-0.2, 0) is 0 Å². The lowest BCUT2D eigenvalue weighted by Gasteiger charge is -2.39. The van der Waals surface area contributed by atoms with Crippen molar-refractivity contribution in [3.63, 3.8) is 0 Å². The van der Waals surface area contributed by atoms with Gasteiger partial charge in [0.1, 0.15) is 5.69 Å². The average molecular weight is 263 g/mol. The fourth-order valence-electron chi connectivity index (χ4n) is 3.32. The molecule has 0 bridgehead atoms. The number of aryl methyl sites for hydroxylation is 2. The van der Waals surface area contributed by atoms with Crippen LogP contribution in [0.2, 0.25) is 0 Å². The number of hydrogen-bond donors (Lipinski definition) is 0. The third kappa shape index (κ3) is 4.38. The molecule has 0 aliphatic heterocycles. The van der Waals surface area contributed by atoms with Gasteiger partial charge in [0.15, 0.2) is 0 Å². The molecule has 0 unspecified atom stereocenters. The van der Waals surface area contributed by atoms with E-state index < -0.39 is 0 Å². The Morgan fingerprint density at radius 3 is 1.68 bits per heavy atom. The van der Waals surface area contributed by atoms with E-state index in [1.54, 1.807) is 5.69 Å². The largest absolute Gasteiger partial charge is 0.291 e. The maximum absolute atomic E-state index is 2.37. The summed E-state index contributed by atoms with van der Waals surface area (Å²) in [6.07, 6.45) is 3.77. The maximum atomic E-state index is 2.37. The van der Waals surface area contributed by atoms with E-state index in [-0.39, 0.29) is 8.41 Å². The second-order valence-electron chi connectivity index (χ2n) is 5.61. The highest BCUT2D eigenvalue weighted by Gasteiger charge is 2.29. The number of rotatable bonds is 7. The highest BCUT2D eigenvalue weighted by molar-refractivity contribution is 5.75. The quantitative estimate of drug-likeness (QED) is 0.522. The average Bonchev–Trinajstić information content (AvgIpc) is 2.29. The molecule has 0 heterocycles. The van der Waals surface area contributed by atoms with Crippen LogP contribution >= 0.6 is 0 Å². The van der Waals surface area contributed by atoms with E-state index in [1.807, 2.05) is 0 Å². The molecular weight excluding hydrogens is 229 g/mol. The summed E-state index contributed by atoms with van der Waals surface area (Å²) in [7, 11) is 0. The Kier molecular flexibility index (Phi) is 8.09. The van der Waals surface area contributed by atoms with Gasteiger partial charge in [-0.3, -0.25) is 4.48 Å². The standard InChI is InChI=1S/C17H30N.BH4/c1-6-11-18(12-7-2,13-8-3)17-10-9-15(4)14-16(17)5;/h9-10,14H,6-8,11-13H2,1-5H3;1H4/q+1;-1. The van der Waals surface area contributed by atoms with Crippen molar-refractivity contribution in [2.24, 2.45) is 0 Å². The van der Waals surface area contributed by atoms with Crippen LogP contribution in [-0.4, -0.2) is 28.0 Å². The van der Waals surface area contributed by atoms with Gasteiger partial charge in [-0.15, -0.1) is 0 Å². The van der Waals surface area contributed by atoms with Crippen molar-refractivity contribution >= 4 is 14.1 Å². The van der Waals surface area contributed by atoms with Gasteiger partial charge in [0.25, 0.3) is 0 Å². The number of nitrogens with zero attached hydrogens (tertiary/aromatic N) is 1. The van der Waals surface area contributed by atoms with Crippen molar-refractivity contribution in [1.82, 2.24) is 4.48 Å². The van der Waals surface area contributed by atoms with Crippen molar-refractivity contribution in [1.29, 1.82) is 0 Å². The molecule has 0 spiro atoms. The van der Waals surface area contributed by atoms with E-state index in [0.717, 1.165) is 0 Å².